The van der Waals surface area contributed by atoms with Gasteiger partial charge in [0.1, 0.15) is 11.4 Å². The quantitative estimate of drug-likeness (QED) is 0.786. The average Bonchev–Trinajstić information content (AvgIpc) is 2.34. The molecule has 0 spiro atoms. The highest BCUT2D eigenvalue weighted by molar-refractivity contribution is 14.1. The van der Waals surface area contributed by atoms with Crippen LogP contribution in [-0.4, -0.2) is 30.7 Å². The van der Waals surface area contributed by atoms with Gasteiger partial charge in [0.2, 0.25) is 0 Å². The van der Waals surface area contributed by atoms with E-state index in [9.17, 15) is 0 Å². The molecule has 1 N–H and O–H groups in total. The minimum Gasteiger partial charge on any atom is -0.378 e. The number of ether oxygens (including phenoxy) is 2. The maximum Gasteiger partial charge on any atom is 0.162 e. The van der Waals surface area contributed by atoms with Crippen LogP contribution in [0.25, 0.3) is 0 Å². The number of hydrogen-bond acceptors (Lipinski definition) is 5. The van der Waals surface area contributed by atoms with Crippen LogP contribution < -0.4 is 5.32 Å². The summed E-state index contributed by atoms with van der Waals surface area (Å²) in [6.07, 6.45) is 0. The summed E-state index contributed by atoms with van der Waals surface area (Å²) < 4.78 is 11.6. The fraction of sp³-hybridized carbons (Fsp3) is 0.667. The molecule has 6 heteroatoms. The van der Waals surface area contributed by atoms with Crippen LogP contribution >= 0.6 is 22.6 Å². The lowest BCUT2D eigenvalue weighted by Crippen LogP contribution is -2.25. The molecule has 1 aromatic rings. The zero-order valence-corrected chi connectivity index (χ0v) is 13.7. The largest absolute Gasteiger partial charge is 0.378 e. The van der Waals surface area contributed by atoms with E-state index in [0.717, 1.165) is 21.6 Å². The van der Waals surface area contributed by atoms with Gasteiger partial charge in [0, 0.05) is 20.8 Å². The molecule has 0 amide bonds. The van der Waals surface area contributed by atoms with Gasteiger partial charge in [-0.1, -0.05) is 0 Å². The molecule has 5 nitrogen and oxygen atoms in total. The Hall–Kier alpha value is -0.470. The van der Waals surface area contributed by atoms with Crippen molar-refractivity contribution in [1.29, 1.82) is 0 Å². The van der Waals surface area contributed by atoms with Gasteiger partial charge in [-0.3, -0.25) is 0 Å². The number of hydrogen-bond donors (Lipinski definition) is 1. The number of rotatable bonds is 6. The number of nitrogens with zero attached hydrogens (tertiary/aromatic N) is 2. The van der Waals surface area contributed by atoms with Crippen molar-refractivity contribution in [2.45, 2.75) is 33.0 Å². The molecule has 1 rings (SSSR count). The van der Waals surface area contributed by atoms with Gasteiger partial charge in [-0.2, -0.15) is 0 Å². The average molecular weight is 365 g/mol. The highest BCUT2D eigenvalue weighted by atomic mass is 127. The zero-order valence-electron chi connectivity index (χ0n) is 11.5. The van der Waals surface area contributed by atoms with E-state index in [0.29, 0.717) is 12.4 Å². The van der Waals surface area contributed by atoms with E-state index in [-0.39, 0.29) is 0 Å². The Morgan fingerprint density at radius 3 is 2.44 bits per heavy atom. The van der Waals surface area contributed by atoms with E-state index in [2.05, 4.69) is 37.9 Å². The van der Waals surface area contributed by atoms with Gasteiger partial charge in [0.15, 0.2) is 5.82 Å². The molecule has 1 heterocycles. The smallest absolute Gasteiger partial charge is 0.162 e. The predicted octanol–water partition coefficient (Wildman–Crippen LogP) is 2.54. The Morgan fingerprint density at radius 1 is 1.28 bits per heavy atom. The van der Waals surface area contributed by atoms with Crippen molar-refractivity contribution in [1.82, 2.24) is 9.97 Å². The molecular formula is C12H20IN3O2. The van der Waals surface area contributed by atoms with Crippen LogP contribution in [0, 0.1) is 3.57 Å². The van der Waals surface area contributed by atoms with Crippen molar-refractivity contribution in [2.75, 3.05) is 26.1 Å². The third-order valence-electron chi connectivity index (χ3n) is 2.59. The van der Waals surface area contributed by atoms with Crippen LogP contribution in [0.3, 0.4) is 0 Å². The van der Waals surface area contributed by atoms with Crippen LogP contribution in [-0.2, 0) is 21.7 Å². The minimum atomic E-state index is -0.517. The second-order valence-electron chi connectivity index (χ2n) is 4.33. The standard InChI is InChI=1S/C12H20IN3O2/c1-6-14-10-9(13)8(7-17-4)15-11(16-10)12(2,3)18-5/h6-7H2,1-5H3,(H,14,15,16). The molecule has 0 aliphatic carbocycles. The van der Waals surface area contributed by atoms with E-state index < -0.39 is 5.60 Å². The number of halogens is 1. The molecule has 0 aromatic carbocycles. The van der Waals surface area contributed by atoms with Crippen molar-refractivity contribution in [3.8, 4) is 0 Å². The van der Waals surface area contributed by atoms with Gasteiger partial charge in [0.25, 0.3) is 0 Å². The van der Waals surface area contributed by atoms with Gasteiger partial charge in [-0.15, -0.1) is 0 Å². The second kappa shape index (κ2) is 6.63. The lowest BCUT2D eigenvalue weighted by molar-refractivity contribution is 0.0110. The first kappa shape index (κ1) is 15.6. The zero-order chi connectivity index (χ0) is 13.8. The second-order valence-corrected chi connectivity index (χ2v) is 5.41. The lowest BCUT2D eigenvalue weighted by atomic mass is 10.1. The van der Waals surface area contributed by atoms with Gasteiger partial charge in [-0.05, 0) is 43.4 Å². The molecule has 0 saturated heterocycles. The predicted molar refractivity (Wildman–Crippen MR) is 79.7 cm³/mol. The van der Waals surface area contributed by atoms with Gasteiger partial charge in [0.05, 0.1) is 15.9 Å². The lowest BCUT2D eigenvalue weighted by Gasteiger charge is -2.23. The molecule has 0 fully saturated rings. The monoisotopic (exact) mass is 365 g/mol. The van der Waals surface area contributed by atoms with Crippen molar-refractivity contribution in [3.05, 3.63) is 15.1 Å². The molecule has 1 aromatic heterocycles. The Balaban J connectivity index is 3.28. The Labute approximate surface area is 122 Å². The molecular weight excluding hydrogens is 345 g/mol. The summed E-state index contributed by atoms with van der Waals surface area (Å²) in [5.41, 5.74) is 0.362. The van der Waals surface area contributed by atoms with E-state index in [1.807, 2.05) is 20.8 Å². The van der Waals surface area contributed by atoms with Crippen LogP contribution in [0.2, 0.25) is 0 Å². The van der Waals surface area contributed by atoms with E-state index in [1.54, 1.807) is 14.2 Å². The third kappa shape index (κ3) is 3.52. The Bertz CT molecular complexity index is 383. The fourth-order valence-electron chi connectivity index (χ4n) is 1.37. The number of methoxy groups -OCH3 is 2. The molecule has 18 heavy (non-hydrogen) atoms. The Kier molecular flexibility index (Phi) is 5.74. The van der Waals surface area contributed by atoms with Crippen LogP contribution in [0.15, 0.2) is 0 Å². The SMILES string of the molecule is CCNc1nc(C(C)(C)OC)nc(COC)c1I. The van der Waals surface area contributed by atoms with Crippen molar-refractivity contribution in [3.63, 3.8) is 0 Å². The van der Waals surface area contributed by atoms with Gasteiger partial charge >= 0.3 is 0 Å². The summed E-state index contributed by atoms with van der Waals surface area (Å²) >= 11 is 2.24. The van der Waals surface area contributed by atoms with Gasteiger partial charge < -0.3 is 14.8 Å². The molecule has 0 saturated carbocycles. The van der Waals surface area contributed by atoms with Crippen LogP contribution in [0.5, 0.6) is 0 Å². The summed E-state index contributed by atoms with van der Waals surface area (Å²) in [5, 5.41) is 3.24. The van der Waals surface area contributed by atoms with Gasteiger partial charge in [-0.25, -0.2) is 9.97 Å². The third-order valence-corrected chi connectivity index (χ3v) is 3.73. The van der Waals surface area contributed by atoms with Crippen molar-refractivity contribution < 1.29 is 9.47 Å². The molecule has 0 radical (unpaired) electrons. The maximum atomic E-state index is 5.43. The topological polar surface area (TPSA) is 56.3 Å². The molecule has 0 atom stereocenters. The van der Waals surface area contributed by atoms with E-state index in [1.165, 1.54) is 0 Å². The summed E-state index contributed by atoms with van der Waals surface area (Å²) in [4.78, 5) is 9.08. The summed E-state index contributed by atoms with van der Waals surface area (Å²) in [5.74, 6) is 1.49. The molecule has 102 valence electrons. The minimum absolute atomic E-state index is 0.464. The number of anilines is 1. The fourth-order valence-corrected chi connectivity index (χ4v) is 1.96. The summed E-state index contributed by atoms with van der Waals surface area (Å²) in [7, 11) is 3.32. The van der Waals surface area contributed by atoms with Crippen molar-refractivity contribution in [2.24, 2.45) is 0 Å². The Morgan fingerprint density at radius 2 is 1.94 bits per heavy atom. The molecule has 0 aliphatic heterocycles. The van der Waals surface area contributed by atoms with Crippen LogP contribution in [0.4, 0.5) is 5.82 Å². The summed E-state index contributed by atoms with van der Waals surface area (Å²) in [6, 6.07) is 0. The molecule has 0 aliphatic rings. The van der Waals surface area contributed by atoms with Crippen LogP contribution in [0.1, 0.15) is 32.3 Å². The maximum absolute atomic E-state index is 5.43. The normalized spacial score (nSPS) is 11.7. The first-order valence-corrected chi connectivity index (χ1v) is 6.89. The first-order valence-electron chi connectivity index (χ1n) is 5.81. The number of aromatic nitrogens is 2. The first-order chi connectivity index (χ1) is 8.46. The highest BCUT2D eigenvalue weighted by Crippen LogP contribution is 2.26. The van der Waals surface area contributed by atoms with Crippen molar-refractivity contribution >= 4 is 28.4 Å². The van der Waals surface area contributed by atoms with E-state index in [4.69, 9.17) is 9.47 Å². The molecule has 0 unspecified atom stereocenters. The summed E-state index contributed by atoms with van der Waals surface area (Å²) in [6.45, 7) is 7.20. The van der Waals surface area contributed by atoms with E-state index >= 15 is 0 Å². The number of nitrogens with one attached hydrogen (secondary N) is 1. The molecule has 0 bridgehead atoms. The highest BCUT2D eigenvalue weighted by Gasteiger charge is 2.25.